The SMILES string of the molecule is CCCN1CCN(c2cc(=S)c3nc4c(oc3c2)c2c(=O)c3c(O)c(C)c5c(c34)=C(O)[C@@](C)(O/C=C/[C@H](OC)[C@@H](C)[C@@H](OC(C)=O)[C@H](C)[C@H](O)[C@H](C)[C@@H](O)[C@@H](C)/C=C/C=C(/C)C(=O)N2)O5)CC1. The number of hydrogen-bond acceptors (Lipinski definition) is 16. The minimum absolute atomic E-state index is 0.0000632. The van der Waals surface area contributed by atoms with Gasteiger partial charge in [0.1, 0.15) is 34.3 Å². The number of benzene rings is 3. The number of phenols is 1. The number of ether oxygens (including phenoxy) is 4. The van der Waals surface area contributed by atoms with Gasteiger partial charge in [0.15, 0.2) is 16.9 Å². The number of aromatic nitrogens is 1. The van der Waals surface area contributed by atoms with Crippen molar-refractivity contribution in [2.45, 2.75) is 98.9 Å². The average molecular weight is 943 g/mol. The number of nitrogens with one attached hydrogen (secondary N) is 1. The molecule has 0 radical (unpaired) electrons. The smallest absolute Gasteiger partial charge is 0.307 e. The Balaban J connectivity index is 1.46. The molecule has 67 heavy (non-hydrogen) atoms. The van der Waals surface area contributed by atoms with Crippen molar-refractivity contribution < 1.29 is 53.4 Å². The molecule has 4 aromatic rings. The molecule has 5 bridgehead atoms. The van der Waals surface area contributed by atoms with E-state index >= 15 is 0 Å². The first-order chi connectivity index (χ1) is 31.7. The summed E-state index contributed by atoms with van der Waals surface area (Å²) in [5, 5.41) is 49.7. The van der Waals surface area contributed by atoms with Crippen LogP contribution < -0.4 is 25.6 Å². The van der Waals surface area contributed by atoms with Gasteiger partial charge in [-0.3, -0.25) is 19.3 Å². The summed E-state index contributed by atoms with van der Waals surface area (Å²) in [6.45, 7) is 19.2. The molecule has 17 heteroatoms. The topological polar surface area (TPSA) is 214 Å². The quantitative estimate of drug-likeness (QED) is 0.0629. The minimum Gasteiger partial charge on any atom is -0.507 e. The lowest BCUT2D eigenvalue weighted by molar-refractivity contribution is -0.160. The van der Waals surface area contributed by atoms with Crippen LogP contribution in [-0.2, 0) is 23.8 Å². The number of piperazine rings is 1. The highest BCUT2D eigenvalue weighted by Crippen LogP contribution is 2.43. The number of hydrogen-bond donors (Lipinski definition) is 5. The molecular formula is C50H62N4O12S. The first kappa shape index (κ1) is 49.3. The van der Waals surface area contributed by atoms with E-state index in [1.807, 2.05) is 12.1 Å². The molecule has 1 aromatic heterocycles. The maximum Gasteiger partial charge on any atom is 0.307 e. The molecule has 3 aromatic carbocycles. The fraction of sp³-hybridized carbons (Fsp3) is 0.500. The molecule has 9 atom stereocenters. The second-order valence-corrected chi connectivity index (χ2v) is 18.8. The third kappa shape index (κ3) is 9.23. The second-order valence-electron chi connectivity index (χ2n) is 18.4. The van der Waals surface area contributed by atoms with Crippen LogP contribution in [-0.4, -0.2) is 112 Å². The van der Waals surface area contributed by atoms with E-state index in [4.69, 9.17) is 40.6 Å². The van der Waals surface area contributed by atoms with Crippen molar-refractivity contribution in [2.75, 3.05) is 50.1 Å². The first-order valence-corrected chi connectivity index (χ1v) is 23.2. The Kier molecular flexibility index (Phi) is 14.4. The van der Waals surface area contributed by atoms with Crippen LogP contribution in [0, 0.1) is 35.1 Å². The number of carbonyl (C=O) groups is 2. The number of fused-ring (bicyclic) bond motifs is 5. The van der Waals surface area contributed by atoms with Gasteiger partial charge in [-0.15, -0.1) is 0 Å². The van der Waals surface area contributed by atoms with E-state index in [1.54, 1.807) is 52.8 Å². The predicted molar refractivity (Wildman–Crippen MR) is 259 cm³/mol. The Labute approximate surface area is 394 Å². The van der Waals surface area contributed by atoms with E-state index in [-0.39, 0.29) is 60.8 Å². The molecule has 0 aliphatic carbocycles. The third-order valence-corrected chi connectivity index (χ3v) is 14.0. The molecule has 1 amide bonds. The Hall–Kier alpha value is -5.59. The molecule has 0 saturated carbocycles. The van der Waals surface area contributed by atoms with Crippen LogP contribution in [0.1, 0.15) is 67.4 Å². The molecule has 3 aliphatic rings. The summed E-state index contributed by atoms with van der Waals surface area (Å²) in [4.78, 5) is 51.0. The molecule has 1 fully saturated rings. The number of carbonyl (C=O) groups excluding carboxylic acids is 2. The first-order valence-electron chi connectivity index (χ1n) is 22.8. The number of aromatic hydroxyl groups is 1. The number of allylic oxidation sites excluding steroid dienone is 2. The fourth-order valence-electron chi connectivity index (χ4n) is 9.61. The number of esters is 1. The van der Waals surface area contributed by atoms with Gasteiger partial charge in [-0.05, 0) is 39.0 Å². The van der Waals surface area contributed by atoms with Crippen molar-refractivity contribution in [1.29, 1.82) is 0 Å². The largest absolute Gasteiger partial charge is 0.507 e. The lowest BCUT2D eigenvalue weighted by Crippen LogP contribution is -2.46. The molecule has 5 N–H and O–H groups in total. The molecule has 7 rings (SSSR count). The van der Waals surface area contributed by atoms with Gasteiger partial charge in [-0.2, -0.15) is 0 Å². The van der Waals surface area contributed by atoms with Gasteiger partial charge in [0.2, 0.25) is 5.43 Å². The van der Waals surface area contributed by atoms with Gasteiger partial charge in [0, 0.05) is 99.1 Å². The number of aliphatic hydroxyl groups excluding tert-OH is 3. The lowest BCUT2D eigenvalue weighted by Gasteiger charge is -2.38. The van der Waals surface area contributed by atoms with Gasteiger partial charge in [-0.1, -0.05) is 65.1 Å². The van der Waals surface area contributed by atoms with Crippen LogP contribution in [0.25, 0.3) is 38.7 Å². The Bertz CT molecular complexity index is 2870. The van der Waals surface area contributed by atoms with Crippen LogP contribution >= 0.6 is 12.2 Å². The van der Waals surface area contributed by atoms with Crippen molar-refractivity contribution >= 4 is 74.2 Å². The van der Waals surface area contributed by atoms with E-state index in [2.05, 4.69) is 22.0 Å². The van der Waals surface area contributed by atoms with E-state index in [9.17, 15) is 34.8 Å². The van der Waals surface area contributed by atoms with Gasteiger partial charge >= 0.3 is 11.8 Å². The summed E-state index contributed by atoms with van der Waals surface area (Å²) in [5.74, 6) is -6.61. The van der Waals surface area contributed by atoms with Crippen LogP contribution in [0.15, 0.2) is 57.5 Å². The number of anilines is 2. The van der Waals surface area contributed by atoms with Gasteiger partial charge < -0.3 is 54.0 Å². The number of phenolic OH excluding ortho intramolecular Hbond substituents is 1. The number of methoxy groups -OCH3 is 1. The van der Waals surface area contributed by atoms with Gasteiger partial charge in [-0.25, -0.2) is 4.98 Å². The minimum atomic E-state index is -1.94. The molecule has 4 heterocycles. The zero-order valence-electron chi connectivity index (χ0n) is 39.7. The number of rotatable bonds is 5. The van der Waals surface area contributed by atoms with Crippen LogP contribution in [0.3, 0.4) is 0 Å². The Morgan fingerprint density at radius 2 is 1.69 bits per heavy atom. The van der Waals surface area contributed by atoms with Gasteiger partial charge in [0.05, 0.1) is 39.7 Å². The molecule has 0 unspecified atom stereocenters. The number of aliphatic hydroxyl groups is 3. The van der Waals surface area contributed by atoms with Crippen LogP contribution in [0.4, 0.5) is 11.4 Å². The fourth-order valence-corrected chi connectivity index (χ4v) is 9.87. The normalized spacial score (nSPS) is 29.7. The number of amides is 1. The van der Waals surface area contributed by atoms with Crippen molar-refractivity contribution in [1.82, 2.24) is 9.88 Å². The van der Waals surface area contributed by atoms with Crippen molar-refractivity contribution in [3.05, 3.63) is 73.8 Å². The van der Waals surface area contributed by atoms with Crippen molar-refractivity contribution in [2.24, 2.45) is 23.7 Å². The average Bonchev–Trinajstić information content (AvgIpc) is 3.56. The summed E-state index contributed by atoms with van der Waals surface area (Å²) in [5.41, 5.74) is 0.345. The molecule has 16 nitrogen and oxygen atoms in total. The van der Waals surface area contributed by atoms with E-state index in [0.717, 1.165) is 44.8 Å². The molecule has 360 valence electrons. The predicted octanol–water partition coefficient (Wildman–Crippen LogP) is 6.46. The maximum absolute atomic E-state index is 14.9. The summed E-state index contributed by atoms with van der Waals surface area (Å²) in [7, 11) is 1.46. The van der Waals surface area contributed by atoms with E-state index in [1.165, 1.54) is 40.2 Å². The van der Waals surface area contributed by atoms with Crippen LogP contribution in [0.5, 0.6) is 11.5 Å². The standard InChI is InChI=1S/C50H62N4O12S/c1-11-16-53-17-19-54(20-18-53)31-22-33-38(34(67)23-31)51-39-35-36-43(58)29(7)46-37(35)48(60)50(9,66-46)63-21-15-32(62-10)26(4)45(64-30(8)55)28(6)42(57)27(5)41(56)24(2)13-12-14-25(3)49(61)52-40(44(36)59)47(39)65-33/h12-15,21-24,26-28,32,41-42,45,56-58,60H,11,16-20H2,1-10H3,(H,52,61)/b13-12+,21-15+,25-14-/t24-,26+,27+,28+,32-,41-,42+,45+,50-/m0/s1. The zero-order chi connectivity index (χ0) is 48.8. The maximum atomic E-state index is 14.9. The molecule has 0 spiro atoms. The third-order valence-electron chi connectivity index (χ3n) is 13.7. The summed E-state index contributed by atoms with van der Waals surface area (Å²) in [6, 6.07) is 3.66. The Morgan fingerprint density at radius 1 is 0.985 bits per heavy atom. The zero-order valence-corrected chi connectivity index (χ0v) is 40.5. The summed E-state index contributed by atoms with van der Waals surface area (Å²) >= 11 is 5.94. The molecular weight excluding hydrogens is 881 g/mol. The van der Waals surface area contributed by atoms with E-state index < -0.39 is 82.7 Å². The highest BCUT2D eigenvalue weighted by Gasteiger charge is 2.44. The highest BCUT2D eigenvalue weighted by atomic mass is 32.1. The number of nitrogens with zero attached hydrogens (tertiary/aromatic N) is 3. The molecule has 3 aliphatic heterocycles. The van der Waals surface area contributed by atoms with Crippen molar-refractivity contribution in [3.63, 3.8) is 0 Å². The monoisotopic (exact) mass is 942 g/mol. The van der Waals surface area contributed by atoms with Gasteiger partial charge in [0.25, 0.3) is 5.91 Å². The summed E-state index contributed by atoms with van der Waals surface area (Å²) < 4.78 is 31.1. The summed E-state index contributed by atoms with van der Waals surface area (Å²) in [6.07, 6.45) is 4.81. The van der Waals surface area contributed by atoms with Crippen molar-refractivity contribution in [3.8, 4) is 11.5 Å². The van der Waals surface area contributed by atoms with E-state index in [0.29, 0.717) is 4.51 Å². The Morgan fingerprint density at radius 3 is 2.34 bits per heavy atom. The van der Waals surface area contributed by atoms with Crippen LogP contribution in [0.2, 0.25) is 0 Å². The lowest BCUT2D eigenvalue weighted by atomic mass is 9.78. The second kappa shape index (κ2) is 19.6. The highest BCUT2D eigenvalue weighted by molar-refractivity contribution is 7.71. The molecule has 1 saturated heterocycles.